The number of benzene rings is 1. The van der Waals surface area contributed by atoms with Crippen LogP contribution in [0.1, 0.15) is 28.6 Å². The lowest BCUT2D eigenvalue weighted by molar-refractivity contribution is 0.0953. The summed E-state index contributed by atoms with van der Waals surface area (Å²) < 4.78 is 6.08. The topological polar surface area (TPSA) is 54.6 Å². The van der Waals surface area contributed by atoms with E-state index in [1.54, 1.807) is 13.0 Å². The van der Waals surface area contributed by atoms with E-state index >= 15 is 0 Å². The van der Waals surface area contributed by atoms with E-state index in [9.17, 15) is 4.79 Å². The van der Waals surface area contributed by atoms with Gasteiger partial charge in [-0.1, -0.05) is 28.1 Å². The highest BCUT2D eigenvalue weighted by Gasteiger charge is 2.10. The smallest absolute Gasteiger partial charge is 0.274 e. The first kappa shape index (κ1) is 13.5. The number of nitrogens with zero attached hydrogens (tertiary/aromatic N) is 1. The van der Waals surface area contributed by atoms with Crippen LogP contribution in [0.4, 0.5) is 0 Å². The second-order valence-corrected chi connectivity index (χ2v) is 4.95. The second kappa shape index (κ2) is 5.84. The number of carbonyl (C=O) groups is 1. The van der Waals surface area contributed by atoms with E-state index in [0.717, 1.165) is 15.7 Å². The zero-order chi connectivity index (χ0) is 13.8. The molecule has 0 spiro atoms. The van der Waals surface area contributed by atoms with Crippen LogP contribution >= 0.6 is 15.9 Å². The van der Waals surface area contributed by atoms with Crippen LogP contribution in [0.5, 0.6) is 0 Å². The number of rotatable bonds is 3. The molecule has 0 aliphatic heterocycles. The summed E-state index contributed by atoms with van der Waals surface area (Å²) in [6.07, 6.45) is 1.48. The van der Waals surface area contributed by atoms with Gasteiger partial charge in [0.05, 0.1) is 17.5 Å². The Bertz CT molecular complexity index is 615. The maximum absolute atomic E-state index is 11.8. The third-order valence-electron chi connectivity index (χ3n) is 2.69. The molecule has 19 heavy (non-hydrogen) atoms. The number of aryl methyl sites for hydroxylation is 1. The van der Waals surface area contributed by atoms with E-state index in [1.807, 2.05) is 31.2 Å². The molecule has 0 bridgehead atoms. The Morgan fingerprint density at radius 3 is 2.53 bits per heavy atom. The number of furan rings is 1. The zero-order valence-corrected chi connectivity index (χ0v) is 12.2. The maximum atomic E-state index is 11.8. The molecular weight excluding hydrogens is 308 g/mol. The van der Waals surface area contributed by atoms with Gasteiger partial charge in [0.25, 0.3) is 5.91 Å². The summed E-state index contributed by atoms with van der Waals surface area (Å²) in [4.78, 5) is 11.8. The number of halogens is 1. The van der Waals surface area contributed by atoms with E-state index in [0.29, 0.717) is 11.3 Å². The molecule has 1 amide bonds. The van der Waals surface area contributed by atoms with Gasteiger partial charge in [-0.25, -0.2) is 5.43 Å². The van der Waals surface area contributed by atoms with Gasteiger partial charge in [-0.3, -0.25) is 4.79 Å². The first-order chi connectivity index (χ1) is 9.08. The lowest BCUT2D eigenvalue weighted by atomic mass is 10.1. The standard InChI is InChI=1S/C14H13BrN2O2/c1-9(11-3-5-12(15)6-4-11)16-17-14(18)13-7-8-19-10(13)2/h3-8H,1-2H3,(H,17,18). The number of carbonyl (C=O) groups excluding carboxylic acids is 1. The van der Waals surface area contributed by atoms with Crippen LogP contribution in [-0.4, -0.2) is 11.6 Å². The van der Waals surface area contributed by atoms with Crippen LogP contribution in [0.15, 0.2) is 50.6 Å². The first-order valence-corrected chi connectivity index (χ1v) is 6.52. The highest BCUT2D eigenvalue weighted by Crippen LogP contribution is 2.11. The number of amides is 1. The average molecular weight is 321 g/mol. The number of hydrazone groups is 1. The summed E-state index contributed by atoms with van der Waals surface area (Å²) in [5.74, 6) is 0.303. The van der Waals surface area contributed by atoms with Crippen LogP contribution in [0.25, 0.3) is 0 Å². The third kappa shape index (κ3) is 3.32. The number of nitrogens with one attached hydrogen (secondary N) is 1. The Kier molecular flexibility index (Phi) is 4.16. The number of hydrogen-bond donors (Lipinski definition) is 1. The predicted octanol–water partition coefficient (Wildman–Crippen LogP) is 3.50. The quantitative estimate of drug-likeness (QED) is 0.695. The van der Waals surface area contributed by atoms with Crippen molar-refractivity contribution in [3.63, 3.8) is 0 Å². The first-order valence-electron chi connectivity index (χ1n) is 5.72. The second-order valence-electron chi connectivity index (χ2n) is 4.04. The Hall–Kier alpha value is -1.88. The lowest BCUT2D eigenvalue weighted by Crippen LogP contribution is -2.19. The fraction of sp³-hybridized carbons (Fsp3) is 0.143. The molecule has 0 aliphatic carbocycles. The van der Waals surface area contributed by atoms with Crippen molar-refractivity contribution < 1.29 is 9.21 Å². The Balaban J connectivity index is 2.08. The van der Waals surface area contributed by atoms with Gasteiger partial charge >= 0.3 is 0 Å². The van der Waals surface area contributed by atoms with Gasteiger partial charge in [0.15, 0.2) is 0 Å². The summed E-state index contributed by atoms with van der Waals surface area (Å²) in [6, 6.07) is 9.33. The molecule has 1 aromatic heterocycles. The maximum Gasteiger partial charge on any atom is 0.274 e. The van der Waals surface area contributed by atoms with Crippen LogP contribution in [0.3, 0.4) is 0 Å². The van der Waals surface area contributed by atoms with Crippen molar-refractivity contribution in [2.24, 2.45) is 5.10 Å². The van der Waals surface area contributed by atoms with Gasteiger partial charge in [-0.15, -0.1) is 0 Å². The molecule has 0 saturated heterocycles. The minimum Gasteiger partial charge on any atom is -0.469 e. The number of hydrogen-bond acceptors (Lipinski definition) is 3. The molecule has 0 aliphatic rings. The van der Waals surface area contributed by atoms with Crippen molar-refractivity contribution in [3.8, 4) is 0 Å². The molecule has 0 unspecified atom stereocenters. The zero-order valence-electron chi connectivity index (χ0n) is 10.6. The molecule has 5 heteroatoms. The van der Waals surface area contributed by atoms with Crippen LogP contribution in [-0.2, 0) is 0 Å². The van der Waals surface area contributed by atoms with Crippen molar-refractivity contribution >= 4 is 27.5 Å². The Morgan fingerprint density at radius 2 is 1.95 bits per heavy atom. The van der Waals surface area contributed by atoms with Gasteiger partial charge in [0.1, 0.15) is 5.76 Å². The Morgan fingerprint density at radius 1 is 1.26 bits per heavy atom. The molecule has 98 valence electrons. The van der Waals surface area contributed by atoms with E-state index in [4.69, 9.17) is 4.42 Å². The van der Waals surface area contributed by atoms with Crippen molar-refractivity contribution in [1.29, 1.82) is 0 Å². The van der Waals surface area contributed by atoms with Crippen molar-refractivity contribution in [3.05, 3.63) is 58.0 Å². The van der Waals surface area contributed by atoms with Crippen molar-refractivity contribution in [2.45, 2.75) is 13.8 Å². The van der Waals surface area contributed by atoms with Crippen LogP contribution < -0.4 is 5.43 Å². The molecule has 4 nitrogen and oxygen atoms in total. The summed E-state index contributed by atoms with van der Waals surface area (Å²) in [5, 5.41) is 4.08. The summed E-state index contributed by atoms with van der Waals surface area (Å²) in [7, 11) is 0. The fourth-order valence-corrected chi connectivity index (χ4v) is 1.84. The van der Waals surface area contributed by atoms with Gasteiger partial charge in [-0.2, -0.15) is 5.10 Å². The largest absolute Gasteiger partial charge is 0.469 e. The van der Waals surface area contributed by atoms with Crippen molar-refractivity contribution in [1.82, 2.24) is 5.43 Å². The average Bonchev–Trinajstić information content (AvgIpc) is 2.83. The highest BCUT2D eigenvalue weighted by atomic mass is 79.9. The predicted molar refractivity (Wildman–Crippen MR) is 77.3 cm³/mol. The summed E-state index contributed by atoms with van der Waals surface area (Å²) >= 11 is 3.37. The molecule has 1 N–H and O–H groups in total. The molecule has 0 atom stereocenters. The van der Waals surface area contributed by atoms with E-state index in [-0.39, 0.29) is 5.91 Å². The molecule has 1 heterocycles. The van der Waals surface area contributed by atoms with E-state index < -0.39 is 0 Å². The van der Waals surface area contributed by atoms with Gasteiger partial charge in [0.2, 0.25) is 0 Å². The van der Waals surface area contributed by atoms with Gasteiger partial charge < -0.3 is 4.42 Å². The highest BCUT2D eigenvalue weighted by molar-refractivity contribution is 9.10. The molecule has 0 saturated carbocycles. The normalized spacial score (nSPS) is 11.4. The van der Waals surface area contributed by atoms with Gasteiger partial charge in [0, 0.05) is 4.47 Å². The lowest BCUT2D eigenvalue weighted by Gasteiger charge is -2.02. The van der Waals surface area contributed by atoms with Gasteiger partial charge in [-0.05, 0) is 37.6 Å². The monoisotopic (exact) mass is 320 g/mol. The summed E-state index contributed by atoms with van der Waals surface area (Å²) in [6.45, 7) is 3.58. The molecular formula is C14H13BrN2O2. The third-order valence-corrected chi connectivity index (χ3v) is 3.22. The minimum atomic E-state index is -0.275. The van der Waals surface area contributed by atoms with Crippen molar-refractivity contribution in [2.75, 3.05) is 0 Å². The molecule has 0 fully saturated rings. The minimum absolute atomic E-state index is 0.275. The Labute approximate surface area is 119 Å². The van der Waals surface area contributed by atoms with E-state index in [1.165, 1.54) is 6.26 Å². The molecule has 2 aromatic rings. The SMILES string of the molecule is CC(=NNC(=O)c1ccoc1C)c1ccc(Br)cc1. The fourth-order valence-electron chi connectivity index (χ4n) is 1.57. The summed E-state index contributed by atoms with van der Waals surface area (Å²) in [5.41, 5.74) is 4.70. The van der Waals surface area contributed by atoms with Crippen LogP contribution in [0.2, 0.25) is 0 Å². The molecule has 2 rings (SSSR count). The van der Waals surface area contributed by atoms with E-state index in [2.05, 4.69) is 26.5 Å². The molecule has 1 aromatic carbocycles. The van der Waals surface area contributed by atoms with Crippen LogP contribution in [0, 0.1) is 6.92 Å². The molecule has 0 radical (unpaired) electrons.